The fourth-order valence-electron chi connectivity index (χ4n) is 2.45. The van der Waals surface area contributed by atoms with Crippen molar-refractivity contribution < 1.29 is 9.59 Å². The van der Waals surface area contributed by atoms with Gasteiger partial charge in [0.25, 0.3) is 0 Å². The average Bonchev–Trinajstić information content (AvgIpc) is 2.37. The van der Waals surface area contributed by atoms with Crippen molar-refractivity contribution in [3.63, 3.8) is 0 Å². The summed E-state index contributed by atoms with van der Waals surface area (Å²) in [5.41, 5.74) is 0. The van der Waals surface area contributed by atoms with E-state index in [1.807, 2.05) is 33.8 Å². The highest BCUT2D eigenvalue weighted by Gasteiger charge is 2.42. The van der Waals surface area contributed by atoms with Crippen LogP contribution in [0.25, 0.3) is 0 Å². The van der Waals surface area contributed by atoms with E-state index in [1.165, 1.54) is 0 Å². The smallest absolute Gasteiger partial charge is 0.246 e. The molecule has 2 unspecified atom stereocenters. The number of hydrogen-bond donors (Lipinski definition) is 1. The molecule has 2 amide bonds. The molecule has 0 aromatic heterocycles. The molecule has 114 valence electrons. The summed E-state index contributed by atoms with van der Waals surface area (Å²) in [6.07, 6.45) is 1.85. The molecule has 20 heavy (non-hydrogen) atoms. The van der Waals surface area contributed by atoms with E-state index in [9.17, 15) is 9.59 Å². The molecule has 0 saturated carbocycles. The minimum absolute atomic E-state index is 0.0213. The summed E-state index contributed by atoms with van der Waals surface area (Å²) >= 11 is 1.73. The van der Waals surface area contributed by atoms with Crippen molar-refractivity contribution in [2.75, 3.05) is 18.1 Å². The zero-order chi connectivity index (χ0) is 15.3. The van der Waals surface area contributed by atoms with Crippen molar-refractivity contribution in [2.24, 2.45) is 11.8 Å². The Morgan fingerprint density at radius 3 is 2.45 bits per heavy atom. The zero-order valence-electron chi connectivity index (χ0n) is 12.9. The van der Waals surface area contributed by atoms with Crippen LogP contribution in [0.4, 0.5) is 0 Å². The Hall–Kier alpha value is -0.970. The Morgan fingerprint density at radius 2 is 1.95 bits per heavy atom. The normalized spacial score (nSPS) is 23.4. The molecule has 1 aliphatic heterocycles. The van der Waals surface area contributed by atoms with Crippen LogP contribution >= 0.6 is 11.8 Å². The van der Waals surface area contributed by atoms with E-state index >= 15 is 0 Å². The van der Waals surface area contributed by atoms with E-state index in [4.69, 9.17) is 0 Å². The molecule has 4 nitrogen and oxygen atoms in total. The van der Waals surface area contributed by atoms with Crippen LogP contribution in [0.1, 0.15) is 27.7 Å². The van der Waals surface area contributed by atoms with E-state index in [0.717, 1.165) is 11.5 Å². The van der Waals surface area contributed by atoms with E-state index in [2.05, 4.69) is 11.9 Å². The maximum atomic E-state index is 12.6. The van der Waals surface area contributed by atoms with Gasteiger partial charge in [0.2, 0.25) is 11.8 Å². The van der Waals surface area contributed by atoms with Gasteiger partial charge in [-0.1, -0.05) is 33.8 Å². The number of carbonyl (C=O) groups is 2. The Labute approximate surface area is 126 Å². The minimum atomic E-state index is -0.387. The first-order valence-electron chi connectivity index (χ1n) is 7.19. The molecule has 1 fully saturated rings. The molecule has 0 aromatic carbocycles. The molecule has 5 heteroatoms. The fraction of sp³-hybridized carbons (Fsp3) is 0.733. The molecule has 1 heterocycles. The number of thioether (sulfide) groups is 1. The highest BCUT2D eigenvalue weighted by atomic mass is 32.2. The predicted octanol–water partition coefficient (Wildman–Crippen LogP) is 1.91. The number of piperazine rings is 1. The number of hydrogen-bond acceptors (Lipinski definition) is 3. The number of nitrogens with one attached hydrogen (secondary N) is 1. The van der Waals surface area contributed by atoms with Gasteiger partial charge in [-0.3, -0.25) is 9.59 Å². The van der Waals surface area contributed by atoms with Crippen molar-refractivity contribution in [1.82, 2.24) is 10.2 Å². The summed E-state index contributed by atoms with van der Waals surface area (Å²) < 4.78 is 0. The Morgan fingerprint density at radius 1 is 1.30 bits per heavy atom. The van der Waals surface area contributed by atoms with E-state index in [0.29, 0.717) is 6.54 Å². The lowest BCUT2D eigenvalue weighted by molar-refractivity contribution is -0.152. The van der Waals surface area contributed by atoms with Crippen LogP contribution in [0.2, 0.25) is 0 Å². The first kappa shape index (κ1) is 17.1. The summed E-state index contributed by atoms with van der Waals surface area (Å²) in [6, 6.07) is -0.733. The monoisotopic (exact) mass is 298 g/mol. The summed E-state index contributed by atoms with van der Waals surface area (Å²) in [7, 11) is 0. The van der Waals surface area contributed by atoms with Crippen molar-refractivity contribution in [3.8, 4) is 0 Å². The molecule has 1 aliphatic rings. The lowest BCUT2D eigenvalue weighted by Crippen LogP contribution is -2.66. The third kappa shape index (κ3) is 4.01. The van der Waals surface area contributed by atoms with Crippen LogP contribution in [0.15, 0.2) is 12.7 Å². The van der Waals surface area contributed by atoms with Crippen LogP contribution < -0.4 is 5.32 Å². The van der Waals surface area contributed by atoms with Gasteiger partial charge in [0, 0.05) is 18.1 Å². The van der Waals surface area contributed by atoms with Crippen LogP contribution in [-0.4, -0.2) is 46.8 Å². The maximum absolute atomic E-state index is 12.6. The SMILES string of the molecule is C=CCSCCN1C(=O)C(C(C)C)NC(=O)C1C(C)C. The number of carbonyl (C=O) groups excluding carboxylic acids is 2. The van der Waals surface area contributed by atoms with Crippen molar-refractivity contribution in [1.29, 1.82) is 0 Å². The Kier molecular flexibility index (Phi) is 6.59. The van der Waals surface area contributed by atoms with Crippen molar-refractivity contribution in [2.45, 2.75) is 39.8 Å². The molecular weight excluding hydrogens is 272 g/mol. The van der Waals surface area contributed by atoms with Crippen LogP contribution in [0, 0.1) is 11.8 Å². The molecule has 0 radical (unpaired) electrons. The molecule has 1 rings (SSSR count). The summed E-state index contributed by atoms with van der Waals surface area (Å²) in [5.74, 6) is 1.97. The molecule has 0 spiro atoms. The van der Waals surface area contributed by atoms with Gasteiger partial charge in [-0.25, -0.2) is 0 Å². The van der Waals surface area contributed by atoms with Gasteiger partial charge in [-0.2, -0.15) is 11.8 Å². The third-order valence-electron chi connectivity index (χ3n) is 3.46. The van der Waals surface area contributed by atoms with E-state index in [1.54, 1.807) is 16.7 Å². The van der Waals surface area contributed by atoms with Crippen LogP contribution in [-0.2, 0) is 9.59 Å². The summed E-state index contributed by atoms with van der Waals surface area (Å²) in [5, 5.41) is 2.88. The van der Waals surface area contributed by atoms with E-state index < -0.39 is 0 Å². The van der Waals surface area contributed by atoms with Crippen LogP contribution in [0.5, 0.6) is 0 Å². The van der Waals surface area contributed by atoms with Crippen LogP contribution in [0.3, 0.4) is 0 Å². The third-order valence-corrected chi connectivity index (χ3v) is 4.40. The van der Waals surface area contributed by atoms with Gasteiger partial charge in [0.1, 0.15) is 12.1 Å². The van der Waals surface area contributed by atoms with Gasteiger partial charge in [-0.15, -0.1) is 6.58 Å². The highest BCUT2D eigenvalue weighted by molar-refractivity contribution is 7.99. The van der Waals surface area contributed by atoms with Crippen molar-refractivity contribution in [3.05, 3.63) is 12.7 Å². The second kappa shape index (κ2) is 7.72. The molecule has 0 bridgehead atoms. The molecule has 1 saturated heterocycles. The van der Waals surface area contributed by atoms with Crippen molar-refractivity contribution >= 4 is 23.6 Å². The first-order chi connectivity index (χ1) is 9.40. The second-order valence-corrected chi connectivity index (χ2v) is 6.96. The second-order valence-electron chi connectivity index (χ2n) is 5.81. The molecule has 0 aromatic rings. The number of rotatable bonds is 7. The summed E-state index contributed by atoms with van der Waals surface area (Å²) in [6.45, 7) is 12.2. The Balaban J connectivity index is 2.81. The van der Waals surface area contributed by atoms with E-state index in [-0.39, 0.29) is 35.7 Å². The highest BCUT2D eigenvalue weighted by Crippen LogP contribution is 2.21. The predicted molar refractivity (Wildman–Crippen MR) is 84.6 cm³/mol. The molecule has 0 aliphatic carbocycles. The summed E-state index contributed by atoms with van der Waals surface area (Å²) in [4.78, 5) is 26.6. The lowest BCUT2D eigenvalue weighted by atomic mass is 9.93. The van der Waals surface area contributed by atoms with Gasteiger partial charge < -0.3 is 10.2 Å². The Bertz CT molecular complexity index is 369. The molecule has 2 atom stereocenters. The molecule has 1 N–H and O–H groups in total. The standard InChI is InChI=1S/C15H26N2O2S/c1-6-8-20-9-7-17-13(11(4)5)14(18)16-12(10(2)3)15(17)19/h6,10-13H,1,7-9H2,2-5H3,(H,16,18). The topological polar surface area (TPSA) is 49.4 Å². The fourth-order valence-corrected chi connectivity index (χ4v) is 3.11. The number of nitrogens with zero attached hydrogens (tertiary/aromatic N) is 1. The zero-order valence-corrected chi connectivity index (χ0v) is 13.7. The molecular formula is C15H26N2O2S. The maximum Gasteiger partial charge on any atom is 0.246 e. The number of amides is 2. The minimum Gasteiger partial charge on any atom is -0.342 e. The van der Waals surface area contributed by atoms with Gasteiger partial charge in [-0.05, 0) is 11.8 Å². The quantitative estimate of drug-likeness (QED) is 0.577. The largest absolute Gasteiger partial charge is 0.342 e. The first-order valence-corrected chi connectivity index (χ1v) is 8.35. The van der Waals surface area contributed by atoms with Gasteiger partial charge >= 0.3 is 0 Å². The van der Waals surface area contributed by atoms with Gasteiger partial charge in [0.05, 0.1) is 0 Å². The lowest BCUT2D eigenvalue weighted by Gasteiger charge is -2.42. The average molecular weight is 298 g/mol. The van der Waals surface area contributed by atoms with Gasteiger partial charge in [0.15, 0.2) is 0 Å².